The molecule has 1 aliphatic rings. The lowest BCUT2D eigenvalue weighted by atomic mass is 10.1. The average Bonchev–Trinajstić information content (AvgIpc) is 2.35. The highest BCUT2D eigenvalue weighted by Gasteiger charge is 2.21. The van der Waals surface area contributed by atoms with Gasteiger partial charge in [0.2, 0.25) is 0 Å². The lowest BCUT2D eigenvalue weighted by molar-refractivity contribution is 0.139. The van der Waals surface area contributed by atoms with Gasteiger partial charge < -0.3 is 5.32 Å². The van der Waals surface area contributed by atoms with Crippen molar-refractivity contribution in [3.8, 4) is 0 Å². The maximum Gasteiger partial charge on any atom is 0.0237 e. The first-order valence-electron chi connectivity index (χ1n) is 6.29. The van der Waals surface area contributed by atoms with Crippen LogP contribution in [0.4, 0.5) is 0 Å². The van der Waals surface area contributed by atoms with E-state index in [1.165, 1.54) is 10.5 Å². The van der Waals surface area contributed by atoms with Gasteiger partial charge in [0.25, 0.3) is 0 Å². The molecule has 0 amide bonds. The topological polar surface area (TPSA) is 15.3 Å². The Morgan fingerprint density at radius 1 is 1.28 bits per heavy atom. The Bertz CT molecular complexity index is 355. The Kier molecular flexibility index (Phi) is 6.50. The average molecular weight is 287 g/mol. The van der Waals surface area contributed by atoms with Crippen LogP contribution in [-0.4, -0.2) is 36.3 Å². The van der Waals surface area contributed by atoms with Crippen molar-refractivity contribution < 1.29 is 0 Å². The molecule has 2 atom stereocenters. The van der Waals surface area contributed by atoms with Gasteiger partial charge in [-0.2, -0.15) is 0 Å². The molecule has 1 N–H and O–H groups in total. The zero-order valence-corrected chi connectivity index (χ0v) is 13.0. The molecule has 1 aliphatic heterocycles. The molecule has 0 bridgehead atoms. The maximum absolute atomic E-state index is 3.52. The van der Waals surface area contributed by atoms with Crippen LogP contribution in [0.5, 0.6) is 0 Å². The van der Waals surface area contributed by atoms with Crippen molar-refractivity contribution in [3.05, 3.63) is 29.8 Å². The highest BCUT2D eigenvalue weighted by Crippen LogP contribution is 2.17. The smallest absolute Gasteiger partial charge is 0.0237 e. The summed E-state index contributed by atoms with van der Waals surface area (Å²) >= 11 is 1.80. The second-order valence-electron chi connectivity index (χ2n) is 4.94. The van der Waals surface area contributed by atoms with Gasteiger partial charge in [0.05, 0.1) is 0 Å². The van der Waals surface area contributed by atoms with Gasteiger partial charge in [-0.25, -0.2) is 0 Å². The fraction of sp³-hybridized carbons (Fsp3) is 0.571. The number of nitrogens with zero attached hydrogens (tertiary/aromatic N) is 1. The minimum atomic E-state index is 0. The van der Waals surface area contributed by atoms with Crippen LogP contribution in [0.15, 0.2) is 29.2 Å². The molecule has 2 nitrogen and oxygen atoms in total. The molecule has 1 fully saturated rings. The summed E-state index contributed by atoms with van der Waals surface area (Å²) < 4.78 is 0. The Labute approximate surface area is 121 Å². The molecule has 1 aromatic rings. The van der Waals surface area contributed by atoms with Gasteiger partial charge in [0.1, 0.15) is 0 Å². The lowest BCUT2D eigenvalue weighted by Gasteiger charge is -2.37. The van der Waals surface area contributed by atoms with E-state index in [1.807, 2.05) is 0 Å². The van der Waals surface area contributed by atoms with Crippen molar-refractivity contribution in [2.24, 2.45) is 0 Å². The molecule has 1 heterocycles. The number of halogens is 1. The minimum absolute atomic E-state index is 0. The van der Waals surface area contributed by atoms with Crippen LogP contribution in [0.1, 0.15) is 19.4 Å². The van der Waals surface area contributed by atoms with Gasteiger partial charge in [-0.05, 0) is 37.8 Å². The lowest BCUT2D eigenvalue weighted by Crippen LogP contribution is -2.53. The van der Waals surface area contributed by atoms with E-state index in [-0.39, 0.29) is 12.4 Å². The van der Waals surface area contributed by atoms with E-state index >= 15 is 0 Å². The quantitative estimate of drug-likeness (QED) is 0.860. The third-order valence-electron chi connectivity index (χ3n) is 3.44. The molecule has 1 saturated heterocycles. The van der Waals surface area contributed by atoms with E-state index in [0.29, 0.717) is 12.1 Å². The summed E-state index contributed by atoms with van der Waals surface area (Å²) in [5.41, 5.74) is 1.42. The van der Waals surface area contributed by atoms with E-state index in [0.717, 1.165) is 19.6 Å². The number of hydrogen-bond acceptors (Lipinski definition) is 3. The molecule has 0 aromatic heterocycles. The van der Waals surface area contributed by atoms with E-state index in [2.05, 4.69) is 54.6 Å². The van der Waals surface area contributed by atoms with E-state index in [9.17, 15) is 0 Å². The van der Waals surface area contributed by atoms with Crippen LogP contribution in [0.2, 0.25) is 0 Å². The number of rotatable bonds is 3. The van der Waals surface area contributed by atoms with Gasteiger partial charge >= 0.3 is 0 Å². The molecule has 0 spiro atoms. The van der Waals surface area contributed by atoms with Crippen LogP contribution >= 0.6 is 24.2 Å². The first-order valence-corrected chi connectivity index (χ1v) is 7.52. The van der Waals surface area contributed by atoms with Gasteiger partial charge in [-0.1, -0.05) is 12.1 Å². The summed E-state index contributed by atoms with van der Waals surface area (Å²) in [5, 5.41) is 3.52. The molecular weight excluding hydrogens is 264 g/mol. The van der Waals surface area contributed by atoms with Crippen molar-refractivity contribution >= 4 is 24.2 Å². The Balaban J connectivity index is 0.00000162. The van der Waals surface area contributed by atoms with Crippen molar-refractivity contribution in [1.82, 2.24) is 10.2 Å². The second-order valence-corrected chi connectivity index (χ2v) is 5.82. The fourth-order valence-electron chi connectivity index (χ4n) is 2.28. The molecule has 0 aliphatic carbocycles. The predicted molar refractivity (Wildman–Crippen MR) is 82.8 cm³/mol. The summed E-state index contributed by atoms with van der Waals surface area (Å²) in [6.45, 7) is 7.88. The van der Waals surface area contributed by atoms with Crippen LogP contribution < -0.4 is 5.32 Å². The maximum atomic E-state index is 3.52. The molecular formula is C14H23ClN2S. The number of thioether (sulfide) groups is 1. The molecule has 18 heavy (non-hydrogen) atoms. The Hall–Kier alpha value is -0.220. The van der Waals surface area contributed by atoms with E-state index in [1.54, 1.807) is 11.8 Å². The number of nitrogens with one attached hydrogen (secondary N) is 1. The van der Waals surface area contributed by atoms with Gasteiger partial charge in [-0.3, -0.25) is 4.90 Å². The fourth-order valence-corrected chi connectivity index (χ4v) is 2.69. The third kappa shape index (κ3) is 4.16. The van der Waals surface area contributed by atoms with E-state index < -0.39 is 0 Å². The van der Waals surface area contributed by atoms with Crippen LogP contribution in [0, 0.1) is 0 Å². The zero-order valence-electron chi connectivity index (χ0n) is 11.3. The van der Waals surface area contributed by atoms with Crippen molar-refractivity contribution in [3.63, 3.8) is 0 Å². The van der Waals surface area contributed by atoms with Crippen LogP contribution in [0.25, 0.3) is 0 Å². The Morgan fingerprint density at radius 2 is 1.94 bits per heavy atom. The first-order chi connectivity index (χ1) is 8.19. The standard InChI is InChI=1S/C14H22N2S.ClH/c1-11-9-16(12(2)8-15-11)10-13-4-6-14(17-3)7-5-13;/h4-7,11-12,15H,8-10H2,1-3H3;1H. The summed E-state index contributed by atoms with van der Waals surface area (Å²) in [4.78, 5) is 3.91. The molecule has 1 aromatic carbocycles. The van der Waals surface area contributed by atoms with Crippen molar-refractivity contribution in [2.75, 3.05) is 19.3 Å². The first kappa shape index (κ1) is 15.8. The molecule has 2 rings (SSSR count). The van der Waals surface area contributed by atoms with Crippen LogP contribution in [-0.2, 0) is 6.54 Å². The molecule has 0 saturated carbocycles. The predicted octanol–water partition coefficient (Wildman–Crippen LogP) is 3.01. The SMILES string of the molecule is CSc1ccc(CN2CC(C)NCC2C)cc1.Cl. The summed E-state index contributed by atoms with van der Waals surface area (Å²) in [6, 6.07) is 10.2. The van der Waals surface area contributed by atoms with E-state index in [4.69, 9.17) is 0 Å². The summed E-state index contributed by atoms with van der Waals surface area (Å²) in [7, 11) is 0. The minimum Gasteiger partial charge on any atom is -0.311 e. The Morgan fingerprint density at radius 3 is 2.56 bits per heavy atom. The van der Waals surface area contributed by atoms with Gasteiger partial charge in [0, 0.05) is 36.6 Å². The monoisotopic (exact) mass is 286 g/mol. The zero-order chi connectivity index (χ0) is 12.3. The molecule has 4 heteroatoms. The number of piperazine rings is 1. The highest BCUT2D eigenvalue weighted by atomic mass is 35.5. The largest absolute Gasteiger partial charge is 0.311 e. The van der Waals surface area contributed by atoms with Gasteiger partial charge in [0.15, 0.2) is 0 Å². The molecule has 102 valence electrons. The van der Waals surface area contributed by atoms with Crippen LogP contribution in [0.3, 0.4) is 0 Å². The highest BCUT2D eigenvalue weighted by molar-refractivity contribution is 7.98. The van der Waals surface area contributed by atoms with Gasteiger partial charge in [-0.15, -0.1) is 24.2 Å². The normalized spacial score (nSPS) is 24.6. The number of hydrogen-bond donors (Lipinski definition) is 1. The summed E-state index contributed by atoms with van der Waals surface area (Å²) in [6.07, 6.45) is 2.12. The molecule has 0 radical (unpaired) electrons. The van der Waals surface area contributed by atoms with Crippen molar-refractivity contribution in [1.29, 1.82) is 0 Å². The second kappa shape index (κ2) is 7.39. The van der Waals surface area contributed by atoms with Crippen molar-refractivity contribution in [2.45, 2.75) is 37.4 Å². The third-order valence-corrected chi connectivity index (χ3v) is 4.18. The number of benzene rings is 1. The summed E-state index contributed by atoms with van der Waals surface area (Å²) in [5.74, 6) is 0. The molecule has 2 unspecified atom stereocenters.